The molecule has 0 saturated carbocycles. The summed E-state index contributed by atoms with van der Waals surface area (Å²) in [6, 6.07) is 12.3. The number of hydrogen-bond donors (Lipinski definition) is 2. The van der Waals surface area contributed by atoms with Crippen LogP contribution in [0, 0.1) is 6.92 Å². The molecule has 0 spiro atoms. The van der Waals surface area contributed by atoms with Crippen LogP contribution in [0.3, 0.4) is 0 Å². The van der Waals surface area contributed by atoms with Gasteiger partial charge in [-0.2, -0.15) is 0 Å². The Morgan fingerprint density at radius 2 is 1.96 bits per heavy atom. The highest BCUT2D eigenvalue weighted by atomic mass is 35.5. The lowest BCUT2D eigenvalue weighted by Crippen LogP contribution is -2.30. The van der Waals surface area contributed by atoms with E-state index in [1.165, 1.54) is 0 Å². The van der Waals surface area contributed by atoms with Crippen LogP contribution < -0.4 is 4.90 Å². The topological polar surface area (TPSA) is 73.4 Å². The van der Waals surface area contributed by atoms with Gasteiger partial charge in [0, 0.05) is 28.0 Å². The second-order valence-electron chi connectivity index (χ2n) is 5.76. The van der Waals surface area contributed by atoms with Crippen LogP contribution >= 0.6 is 11.6 Å². The van der Waals surface area contributed by atoms with Crippen molar-refractivity contribution in [1.82, 2.24) is 4.98 Å². The van der Waals surface area contributed by atoms with Crippen LogP contribution in [-0.2, 0) is 0 Å². The van der Waals surface area contributed by atoms with Gasteiger partial charge >= 0.3 is 6.09 Å². The van der Waals surface area contributed by atoms with Crippen LogP contribution in [0.15, 0.2) is 42.5 Å². The average Bonchev–Trinajstić information content (AvgIpc) is 2.93. The van der Waals surface area contributed by atoms with Gasteiger partial charge in [0.2, 0.25) is 5.78 Å². The van der Waals surface area contributed by atoms with E-state index < -0.39 is 6.09 Å². The fraction of sp³-hybridized carbons (Fsp3) is 0.158. The first-order valence-electron chi connectivity index (χ1n) is 7.85. The van der Waals surface area contributed by atoms with Crippen LogP contribution in [0.25, 0.3) is 10.9 Å². The maximum absolute atomic E-state index is 13.0. The lowest BCUT2D eigenvalue weighted by molar-refractivity contribution is 0.103. The maximum atomic E-state index is 13.0. The van der Waals surface area contributed by atoms with Gasteiger partial charge < -0.3 is 10.1 Å². The van der Waals surface area contributed by atoms with Crippen molar-refractivity contribution in [3.63, 3.8) is 0 Å². The minimum atomic E-state index is -1.11. The third kappa shape index (κ3) is 3.10. The molecule has 6 heteroatoms. The molecule has 0 radical (unpaired) electrons. The van der Waals surface area contributed by atoms with Crippen molar-refractivity contribution in [3.05, 3.63) is 64.3 Å². The Labute approximate surface area is 149 Å². The fourth-order valence-corrected chi connectivity index (χ4v) is 3.09. The van der Waals surface area contributed by atoms with Gasteiger partial charge in [0.15, 0.2) is 0 Å². The molecule has 3 rings (SSSR count). The van der Waals surface area contributed by atoms with Crippen LogP contribution in [0.1, 0.15) is 28.5 Å². The zero-order valence-electron chi connectivity index (χ0n) is 13.8. The lowest BCUT2D eigenvalue weighted by Gasteiger charge is -2.18. The Morgan fingerprint density at radius 3 is 2.60 bits per heavy atom. The van der Waals surface area contributed by atoms with E-state index in [0.717, 1.165) is 10.5 Å². The number of aromatic nitrogens is 1. The quantitative estimate of drug-likeness (QED) is 0.655. The van der Waals surface area contributed by atoms with Gasteiger partial charge in [-0.05, 0) is 38.1 Å². The number of carboxylic acid groups (broad SMARTS) is 1. The number of anilines is 1. The molecule has 2 N–H and O–H groups in total. The number of rotatable bonds is 4. The van der Waals surface area contributed by atoms with Gasteiger partial charge in [0.25, 0.3) is 0 Å². The number of carbonyl (C=O) groups excluding carboxylic acids is 1. The summed E-state index contributed by atoms with van der Waals surface area (Å²) >= 11 is 6.04. The predicted octanol–water partition coefficient (Wildman–Crippen LogP) is 4.87. The molecule has 0 aliphatic carbocycles. The molecular formula is C19H17ClN2O3. The van der Waals surface area contributed by atoms with E-state index in [1.54, 1.807) is 43.3 Å². The van der Waals surface area contributed by atoms with Crippen molar-refractivity contribution in [2.75, 3.05) is 11.4 Å². The van der Waals surface area contributed by atoms with E-state index in [1.807, 2.05) is 13.0 Å². The van der Waals surface area contributed by atoms with Gasteiger partial charge in [0.1, 0.15) is 5.69 Å². The number of halogens is 1. The number of ketones is 1. The number of nitrogens with one attached hydrogen (secondary N) is 1. The molecule has 128 valence electrons. The summed E-state index contributed by atoms with van der Waals surface area (Å²) in [6.07, 6.45) is -1.11. The summed E-state index contributed by atoms with van der Waals surface area (Å²) in [5.74, 6) is -0.259. The summed E-state index contributed by atoms with van der Waals surface area (Å²) in [4.78, 5) is 28.9. The summed E-state index contributed by atoms with van der Waals surface area (Å²) < 4.78 is 0. The zero-order valence-corrected chi connectivity index (χ0v) is 14.6. The molecule has 0 fully saturated rings. The van der Waals surface area contributed by atoms with Crippen LogP contribution in [0.2, 0.25) is 5.02 Å². The highest BCUT2D eigenvalue weighted by Crippen LogP contribution is 2.34. The molecule has 1 aromatic heterocycles. The summed E-state index contributed by atoms with van der Waals surface area (Å²) in [7, 11) is 0. The first-order chi connectivity index (χ1) is 11.9. The van der Waals surface area contributed by atoms with Crippen LogP contribution in [0.5, 0.6) is 0 Å². The third-order valence-corrected chi connectivity index (χ3v) is 4.29. The number of nitrogens with zero attached hydrogens (tertiary/aromatic N) is 1. The number of aryl methyl sites for hydroxylation is 1. The highest BCUT2D eigenvalue weighted by molar-refractivity contribution is 6.31. The van der Waals surface area contributed by atoms with E-state index in [-0.39, 0.29) is 18.0 Å². The van der Waals surface area contributed by atoms with Gasteiger partial charge in [-0.3, -0.25) is 9.69 Å². The van der Waals surface area contributed by atoms with Crippen LogP contribution in [-0.4, -0.2) is 28.5 Å². The van der Waals surface area contributed by atoms with Crippen molar-refractivity contribution in [2.24, 2.45) is 0 Å². The molecular weight excluding hydrogens is 340 g/mol. The molecule has 5 nitrogen and oxygen atoms in total. The van der Waals surface area contributed by atoms with E-state index in [2.05, 4.69) is 4.98 Å². The normalized spacial score (nSPS) is 10.8. The Morgan fingerprint density at radius 1 is 1.20 bits per heavy atom. The number of aromatic amines is 1. The van der Waals surface area contributed by atoms with Gasteiger partial charge in [-0.15, -0.1) is 0 Å². The van der Waals surface area contributed by atoms with Crippen molar-refractivity contribution < 1.29 is 14.7 Å². The van der Waals surface area contributed by atoms with E-state index in [0.29, 0.717) is 27.2 Å². The molecule has 25 heavy (non-hydrogen) atoms. The average molecular weight is 357 g/mol. The van der Waals surface area contributed by atoms with E-state index >= 15 is 0 Å². The van der Waals surface area contributed by atoms with Gasteiger partial charge in [-0.1, -0.05) is 35.4 Å². The second-order valence-corrected chi connectivity index (χ2v) is 6.20. The number of benzene rings is 2. The largest absolute Gasteiger partial charge is 0.465 e. The van der Waals surface area contributed by atoms with Crippen molar-refractivity contribution in [2.45, 2.75) is 13.8 Å². The van der Waals surface area contributed by atoms with Gasteiger partial charge in [0.05, 0.1) is 5.69 Å². The van der Waals surface area contributed by atoms with E-state index in [9.17, 15) is 14.7 Å². The van der Waals surface area contributed by atoms with Crippen molar-refractivity contribution in [3.8, 4) is 0 Å². The Hall–Kier alpha value is -2.79. The zero-order chi connectivity index (χ0) is 18.1. The SMILES string of the molecule is CCN(C(=O)O)c1c(C(=O)c2cccc(C)c2)[nH]c2cc(Cl)ccc12. The first kappa shape index (κ1) is 17.0. The predicted molar refractivity (Wildman–Crippen MR) is 99.0 cm³/mol. The monoisotopic (exact) mass is 356 g/mol. The Kier molecular flexibility index (Phi) is 4.51. The molecule has 0 aliphatic rings. The highest BCUT2D eigenvalue weighted by Gasteiger charge is 2.26. The van der Waals surface area contributed by atoms with Gasteiger partial charge in [-0.25, -0.2) is 4.79 Å². The van der Waals surface area contributed by atoms with Crippen molar-refractivity contribution in [1.29, 1.82) is 0 Å². The molecule has 0 saturated heterocycles. The molecule has 1 amide bonds. The molecule has 2 aromatic carbocycles. The summed E-state index contributed by atoms with van der Waals surface area (Å²) in [5.41, 5.74) is 2.68. The molecule has 0 bridgehead atoms. The Balaban J connectivity index is 2.26. The fourth-order valence-electron chi connectivity index (χ4n) is 2.92. The number of fused-ring (bicyclic) bond motifs is 1. The standard InChI is InChI=1S/C19H17ClN2O3/c1-3-22(19(24)25)17-14-8-7-13(20)10-15(14)21-16(17)18(23)12-6-4-5-11(2)9-12/h4-10,21H,3H2,1-2H3,(H,24,25). The summed E-state index contributed by atoms with van der Waals surface area (Å²) in [6.45, 7) is 3.85. The molecule has 0 unspecified atom stereocenters. The number of amides is 1. The smallest absolute Gasteiger partial charge is 0.411 e. The molecule has 1 heterocycles. The Bertz CT molecular complexity index is 978. The minimum Gasteiger partial charge on any atom is -0.465 e. The molecule has 0 atom stereocenters. The van der Waals surface area contributed by atoms with Crippen LogP contribution in [0.4, 0.5) is 10.5 Å². The van der Waals surface area contributed by atoms with Crippen molar-refractivity contribution >= 4 is 40.1 Å². The van der Waals surface area contributed by atoms with E-state index in [4.69, 9.17) is 11.6 Å². The number of hydrogen-bond acceptors (Lipinski definition) is 2. The molecule has 0 aliphatic heterocycles. The first-order valence-corrected chi connectivity index (χ1v) is 8.23. The minimum absolute atomic E-state index is 0.221. The number of H-pyrrole nitrogens is 1. The molecule has 3 aromatic rings. The number of carbonyl (C=O) groups is 2. The second kappa shape index (κ2) is 6.61. The summed E-state index contributed by atoms with van der Waals surface area (Å²) in [5, 5.41) is 10.7. The lowest BCUT2D eigenvalue weighted by atomic mass is 10.0. The third-order valence-electron chi connectivity index (χ3n) is 4.06. The maximum Gasteiger partial charge on any atom is 0.411 e.